The molecular formula is C7H10O. The van der Waals surface area contributed by atoms with Crippen molar-refractivity contribution in [1.82, 2.24) is 0 Å². The third-order valence-corrected chi connectivity index (χ3v) is 2.24. The van der Waals surface area contributed by atoms with E-state index in [1.807, 2.05) is 0 Å². The van der Waals surface area contributed by atoms with Gasteiger partial charge in [-0.3, -0.25) is 0 Å². The van der Waals surface area contributed by atoms with Gasteiger partial charge in [0.05, 0.1) is 6.10 Å². The van der Waals surface area contributed by atoms with E-state index in [9.17, 15) is 0 Å². The predicted molar refractivity (Wildman–Crippen MR) is 31.4 cm³/mol. The van der Waals surface area contributed by atoms with Crippen molar-refractivity contribution in [1.29, 1.82) is 0 Å². The Morgan fingerprint density at radius 2 is 2.12 bits per heavy atom. The first kappa shape index (κ1) is 4.57. The zero-order valence-electron chi connectivity index (χ0n) is 4.75. The summed E-state index contributed by atoms with van der Waals surface area (Å²) in [5, 5.41) is 9.17. The third-order valence-electron chi connectivity index (χ3n) is 2.24. The second-order valence-corrected chi connectivity index (χ2v) is 2.85. The van der Waals surface area contributed by atoms with Crippen LogP contribution in [-0.4, -0.2) is 11.2 Å². The fourth-order valence-corrected chi connectivity index (χ4v) is 1.75. The lowest BCUT2D eigenvalue weighted by molar-refractivity contribution is 0.148. The molecule has 2 aliphatic rings. The van der Waals surface area contributed by atoms with Crippen LogP contribution < -0.4 is 0 Å². The summed E-state index contributed by atoms with van der Waals surface area (Å²) in [5.74, 6) is 1.23. The van der Waals surface area contributed by atoms with Gasteiger partial charge in [0, 0.05) is 5.92 Å². The van der Waals surface area contributed by atoms with Crippen molar-refractivity contribution in [2.75, 3.05) is 0 Å². The number of hydrogen-bond donors (Lipinski definition) is 1. The van der Waals surface area contributed by atoms with E-state index in [2.05, 4.69) is 12.2 Å². The van der Waals surface area contributed by atoms with Gasteiger partial charge >= 0.3 is 0 Å². The molecule has 0 heterocycles. The van der Waals surface area contributed by atoms with E-state index < -0.39 is 0 Å². The molecule has 8 heavy (non-hydrogen) atoms. The van der Waals surface area contributed by atoms with Crippen LogP contribution in [0, 0.1) is 11.8 Å². The molecule has 0 radical (unpaired) electrons. The van der Waals surface area contributed by atoms with E-state index in [0.717, 1.165) is 12.3 Å². The van der Waals surface area contributed by atoms with Gasteiger partial charge in [0.25, 0.3) is 0 Å². The van der Waals surface area contributed by atoms with Crippen LogP contribution in [0.3, 0.4) is 0 Å². The molecule has 1 heteroatoms. The number of aliphatic hydroxyl groups excluding tert-OH is 1. The van der Waals surface area contributed by atoms with Crippen LogP contribution in [0.4, 0.5) is 0 Å². The van der Waals surface area contributed by atoms with Gasteiger partial charge in [-0.2, -0.15) is 0 Å². The normalized spacial score (nSPS) is 50.9. The highest BCUT2D eigenvalue weighted by atomic mass is 16.3. The fraction of sp³-hybridized carbons (Fsp3) is 0.714. The van der Waals surface area contributed by atoms with Crippen LogP contribution >= 0.6 is 0 Å². The van der Waals surface area contributed by atoms with Crippen molar-refractivity contribution < 1.29 is 5.11 Å². The van der Waals surface area contributed by atoms with Crippen LogP contribution in [0.2, 0.25) is 0 Å². The van der Waals surface area contributed by atoms with E-state index in [0.29, 0.717) is 5.92 Å². The van der Waals surface area contributed by atoms with E-state index in [4.69, 9.17) is 5.11 Å². The first-order chi connectivity index (χ1) is 3.86. The SMILES string of the molecule is OC1C[C@H]2C=C[C@@H]1C2. The van der Waals surface area contributed by atoms with Crippen molar-refractivity contribution >= 4 is 0 Å². The Kier molecular flexibility index (Phi) is 0.770. The number of fused-ring (bicyclic) bond motifs is 2. The highest BCUT2D eigenvalue weighted by Gasteiger charge is 2.33. The van der Waals surface area contributed by atoms with E-state index in [1.54, 1.807) is 0 Å². The summed E-state index contributed by atoms with van der Waals surface area (Å²) in [6.45, 7) is 0. The molecule has 1 N–H and O–H groups in total. The molecule has 2 bridgehead atoms. The van der Waals surface area contributed by atoms with Gasteiger partial charge in [-0.25, -0.2) is 0 Å². The molecule has 1 saturated carbocycles. The summed E-state index contributed by atoms with van der Waals surface area (Å²) >= 11 is 0. The standard InChI is InChI=1S/C7H10O/c8-7-4-5-1-2-6(7)3-5/h1-2,5-8H,3-4H2/t5-,6+,7?/m0/s1. The van der Waals surface area contributed by atoms with Gasteiger partial charge < -0.3 is 5.11 Å². The van der Waals surface area contributed by atoms with Gasteiger partial charge in [0.15, 0.2) is 0 Å². The summed E-state index contributed by atoms with van der Waals surface area (Å²) in [6, 6.07) is 0. The minimum Gasteiger partial charge on any atom is -0.392 e. The Morgan fingerprint density at radius 1 is 1.25 bits per heavy atom. The molecule has 3 atom stereocenters. The molecule has 1 fully saturated rings. The van der Waals surface area contributed by atoms with Crippen molar-refractivity contribution in [3.05, 3.63) is 12.2 Å². The summed E-state index contributed by atoms with van der Waals surface area (Å²) in [6.07, 6.45) is 6.60. The molecule has 0 saturated heterocycles. The van der Waals surface area contributed by atoms with Crippen molar-refractivity contribution in [2.45, 2.75) is 18.9 Å². The first-order valence-corrected chi connectivity index (χ1v) is 3.22. The van der Waals surface area contributed by atoms with Crippen LogP contribution in [0.25, 0.3) is 0 Å². The zero-order valence-corrected chi connectivity index (χ0v) is 4.75. The molecule has 44 valence electrons. The Bertz CT molecular complexity index is 128. The summed E-state index contributed by atoms with van der Waals surface area (Å²) < 4.78 is 0. The molecule has 1 nitrogen and oxygen atoms in total. The fourth-order valence-electron chi connectivity index (χ4n) is 1.75. The lowest BCUT2D eigenvalue weighted by Gasteiger charge is -2.08. The smallest absolute Gasteiger partial charge is 0.0608 e. The summed E-state index contributed by atoms with van der Waals surface area (Å²) in [7, 11) is 0. The maximum Gasteiger partial charge on any atom is 0.0608 e. The van der Waals surface area contributed by atoms with Gasteiger partial charge in [-0.05, 0) is 18.8 Å². The maximum absolute atomic E-state index is 9.17. The van der Waals surface area contributed by atoms with E-state index >= 15 is 0 Å². The largest absolute Gasteiger partial charge is 0.392 e. The van der Waals surface area contributed by atoms with E-state index in [-0.39, 0.29) is 6.10 Å². The highest BCUT2D eigenvalue weighted by molar-refractivity contribution is 5.10. The maximum atomic E-state index is 9.17. The Hall–Kier alpha value is -0.300. The number of aliphatic hydroxyl groups is 1. The topological polar surface area (TPSA) is 20.2 Å². The molecule has 0 aliphatic heterocycles. The molecule has 0 spiro atoms. The van der Waals surface area contributed by atoms with Gasteiger partial charge in [-0.15, -0.1) is 0 Å². The minimum atomic E-state index is -0.00926. The average Bonchev–Trinajstić information content (AvgIpc) is 2.23. The average molecular weight is 110 g/mol. The first-order valence-electron chi connectivity index (χ1n) is 3.22. The molecule has 0 amide bonds. The van der Waals surface area contributed by atoms with Crippen LogP contribution in [0.5, 0.6) is 0 Å². The van der Waals surface area contributed by atoms with Crippen molar-refractivity contribution in [2.24, 2.45) is 11.8 Å². The monoisotopic (exact) mass is 110 g/mol. The second-order valence-electron chi connectivity index (χ2n) is 2.85. The molecule has 0 aromatic carbocycles. The molecule has 2 rings (SSSR count). The lowest BCUT2D eigenvalue weighted by atomic mass is 10.1. The van der Waals surface area contributed by atoms with Gasteiger partial charge in [-0.1, -0.05) is 12.2 Å². The Balaban J connectivity index is 2.23. The zero-order chi connectivity index (χ0) is 5.56. The predicted octanol–water partition coefficient (Wildman–Crippen LogP) is 0.943. The van der Waals surface area contributed by atoms with Crippen molar-refractivity contribution in [3.8, 4) is 0 Å². The molecule has 1 unspecified atom stereocenters. The molecule has 2 aliphatic carbocycles. The molecule has 0 aromatic rings. The Labute approximate surface area is 49.0 Å². The Morgan fingerprint density at radius 3 is 2.38 bits per heavy atom. The lowest BCUT2D eigenvalue weighted by Crippen LogP contribution is -2.11. The second kappa shape index (κ2) is 1.35. The van der Waals surface area contributed by atoms with Crippen LogP contribution in [0.1, 0.15) is 12.8 Å². The van der Waals surface area contributed by atoms with Crippen molar-refractivity contribution in [3.63, 3.8) is 0 Å². The quantitative estimate of drug-likeness (QED) is 0.460. The van der Waals surface area contributed by atoms with E-state index in [1.165, 1.54) is 6.42 Å². The summed E-state index contributed by atoms with van der Waals surface area (Å²) in [5.41, 5.74) is 0. The third kappa shape index (κ3) is 0.451. The van der Waals surface area contributed by atoms with Gasteiger partial charge in [0.1, 0.15) is 0 Å². The number of hydrogen-bond acceptors (Lipinski definition) is 1. The molecule has 0 aromatic heterocycles. The summed E-state index contributed by atoms with van der Waals surface area (Å²) in [4.78, 5) is 0. The number of allylic oxidation sites excluding steroid dienone is 1. The van der Waals surface area contributed by atoms with Gasteiger partial charge in [0.2, 0.25) is 0 Å². The van der Waals surface area contributed by atoms with Crippen LogP contribution in [-0.2, 0) is 0 Å². The highest BCUT2D eigenvalue weighted by Crippen LogP contribution is 2.38. The minimum absolute atomic E-state index is 0.00926. The number of rotatable bonds is 0. The van der Waals surface area contributed by atoms with Crippen LogP contribution in [0.15, 0.2) is 12.2 Å². The molecular weight excluding hydrogens is 100 g/mol.